The van der Waals surface area contributed by atoms with E-state index in [9.17, 15) is 18.0 Å². The van der Waals surface area contributed by atoms with Gasteiger partial charge in [0.05, 0.1) is 0 Å². The van der Waals surface area contributed by atoms with Crippen LogP contribution in [-0.4, -0.2) is 38.2 Å². The Morgan fingerprint density at radius 1 is 0.892 bits per heavy atom. The molecule has 4 rings (SSSR count). The van der Waals surface area contributed by atoms with Crippen molar-refractivity contribution in [2.24, 2.45) is 5.73 Å². The number of carboxylic acid groups (broad SMARTS) is 1. The number of aliphatic carboxylic acids is 1. The van der Waals surface area contributed by atoms with E-state index >= 15 is 0 Å². The number of aromatic nitrogens is 3. The zero-order valence-electron chi connectivity index (χ0n) is 19.3. The second kappa shape index (κ2) is 10.6. The number of hydrogen-bond acceptors (Lipinski definition) is 7. The Balaban J connectivity index is 1.66. The molecule has 1 heterocycles. The fourth-order valence-corrected chi connectivity index (χ4v) is 3.70. The largest absolute Gasteiger partial charge is 0.480 e. The van der Waals surface area contributed by atoms with Crippen molar-refractivity contribution in [2.45, 2.75) is 24.7 Å². The first kappa shape index (κ1) is 25.6. The van der Waals surface area contributed by atoms with Crippen LogP contribution >= 0.6 is 0 Å². The predicted molar refractivity (Wildman–Crippen MR) is 130 cm³/mol. The van der Waals surface area contributed by atoms with Crippen LogP contribution in [0.15, 0.2) is 78.9 Å². The minimum absolute atomic E-state index is 0.00569. The molecule has 0 aliphatic rings. The molecule has 0 aliphatic carbocycles. The number of hydrogen-bond donors (Lipinski definition) is 3. The van der Waals surface area contributed by atoms with E-state index in [0.29, 0.717) is 22.3 Å². The monoisotopic (exact) mass is 509 g/mol. The molecule has 0 unspecified atom stereocenters. The maximum absolute atomic E-state index is 14.2. The van der Waals surface area contributed by atoms with Gasteiger partial charge in [-0.1, -0.05) is 78.9 Å². The average Bonchev–Trinajstić information content (AvgIpc) is 2.87. The van der Waals surface area contributed by atoms with Crippen LogP contribution in [0.25, 0.3) is 22.5 Å². The first-order valence-corrected chi connectivity index (χ1v) is 11.1. The van der Waals surface area contributed by atoms with Crippen molar-refractivity contribution in [1.82, 2.24) is 15.0 Å². The molecule has 0 amide bonds. The van der Waals surface area contributed by atoms with Crippen molar-refractivity contribution in [3.8, 4) is 28.5 Å². The van der Waals surface area contributed by atoms with Gasteiger partial charge >= 0.3 is 18.2 Å². The minimum Gasteiger partial charge on any atom is -0.480 e. The van der Waals surface area contributed by atoms with E-state index in [1.165, 1.54) is 12.1 Å². The lowest BCUT2D eigenvalue weighted by atomic mass is 9.96. The van der Waals surface area contributed by atoms with Gasteiger partial charge in [0.2, 0.25) is 12.1 Å². The van der Waals surface area contributed by atoms with Gasteiger partial charge in [-0.2, -0.15) is 28.1 Å². The minimum atomic E-state index is -4.79. The van der Waals surface area contributed by atoms with Crippen LogP contribution in [0.2, 0.25) is 0 Å². The number of benzene rings is 3. The van der Waals surface area contributed by atoms with Crippen molar-refractivity contribution in [3.63, 3.8) is 0 Å². The number of carbonyl (C=O) groups is 1. The molecule has 0 saturated carbocycles. The Kier molecular flexibility index (Phi) is 7.35. The number of carboxylic acids is 1. The summed E-state index contributed by atoms with van der Waals surface area (Å²) in [6.45, 7) is 0. The van der Waals surface area contributed by atoms with E-state index in [0.717, 1.165) is 0 Å². The van der Waals surface area contributed by atoms with E-state index < -0.39 is 30.3 Å². The summed E-state index contributed by atoms with van der Waals surface area (Å²) in [7, 11) is 0. The molecule has 190 valence electrons. The summed E-state index contributed by atoms with van der Waals surface area (Å²) < 4.78 is 48.0. The Labute approximate surface area is 209 Å². The normalized spacial score (nSPS) is 13.1. The highest BCUT2D eigenvalue weighted by molar-refractivity contribution is 5.73. The van der Waals surface area contributed by atoms with Gasteiger partial charge in [-0.3, -0.25) is 4.79 Å². The van der Waals surface area contributed by atoms with Crippen LogP contribution in [0, 0.1) is 0 Å². The molecule has 8 nitrogen and oxygen atoms in total. The number of anilines is 1. The van der Waals surface area contributed by atoms with Gasteiger partial charge < -0.3 is 21.3 Å². The molecule has 5 N–H and O–H groups in total. The molecule has 0 bridgehead atoms. The van der Waals surface area contributed by atoms with Gasteiger partial charge in [0.15, 0.2) is 5.82 Å². The third kappa shape index (κ3) is 6.19. The number of nitrogens with zero attached hydrogens (tertiary/aromatic N) is 3. The Morgan fingerprint density at radius 2 is 1.54 bits per heavy atom. The SMILES string of the molecule is Nc1nc(O[C@H](c2ccccc2-c2ccccc2)C(F)(F)F)nc(-c2ccc(C[C@H](N)C(=O)O)cc2)n1. The van der Waals surface area contributed by atoms with Gasteiger partial charge in [-0.05, 0) is 23.1 Å². The lowest BCUT2D eigenvalue weighted by Gasteiger charge is -2.23. The maximum atomic E-state index is 14.2. The van der Waals surface area contributed by atoms with Gasteiger partial charge in [-0.15, -0.1) is 0 Å². The van der Waals surface area contributed by atoms with Crippen molar-refractivity contribution < 1.29 is 27.8 Å². The second-order valence-electron chi connectivity index (χ2n) is 8.14. The average molecular weight is 509 g/mol. The fourth-order valence-electron chi connectivity index (χ4n) is 3.70. The molecule has 0 radical (unpaired) electrons. The number of alkyl halides is 3. The zero-order chi connectivity index (χ0) is 26.6. The lowest BCUT2D eigenvalue weighted by Crippen LogP contribution is -2.32. The smallest absolute Gasteiger partial charge is 0.429 e. The summed E-state index contributed by atoms with van der Waals surface area (Å²) in [5.74, 6) is -1.47. The summed E-state index contributed by atoms with van der Waals surface area (Å²) in [5, 5.41) is 8.97. The molecule has 11 heteroatoms. The third-order valence-electron chi connectivity index (χ3n) is 5.47. The molecule has 0 aliphatic heterocycles. The molecule has 3 aromatic carbocycles. The van der Waals surface area contributed by atoms with E-state index in [1.807, 2.05) is 0 Å². The van der Waals surface area contributed by atoms with Crippen LogP contribution in [0.3, 0.4) is 0 Å². The van der Waals surface area contributed by atoms with Crippen molar-refractivity contribution in [1.29, 1.82) is 0 Å². The maximum Gasteiger partial charge on any atom is 0.429 e. The predicted octanol–water partition coefficient (Wildman–Crippen LogP) is 4.42. The van der Waals surface area contributed by atoms with E-state index in [2.05, 4.69) is 15.0 Å². The van der Waals surface area contributed by atoms with Crippen LogP contribution in [0.1, 0.15) is 17.2 Å². The zero-order valence-corrected chi connectivity index (χ0v) is 19.3. The van der Waals surface area contributed by atoms with Crippen molar-refractivity contribution in [3.05, 3.63) is 90.0 Å². The molecule has 2 atom stereocenters. The lowest BCUT2D eigenvalue weighted by molar-refractivity contribution is -0.199. The molecule has 0 spiro atoms. The Hall–Kier alpha value is -4.51. The number of nitrogen functional groups attached to an aromatic ring is 1. The highest BCUT2D eigenvalue weighted by atomic mass is 19.4. The number of ether oxygens (including phenoxy) is 1. The highest BCUT2D eigenvalue weighted by Crippen LogP contribution is 2.40. The molecular formula is C26H22F3N5O3. The summed E-state index contributed by atoms with van der Waals surface area (Å²) in [4.78, 5) is 22.8. The molecular weight excluding hydrogens is 487 g/mol. The second-order valence-corrected chi connectivity index (χ2v) is 8.14. The van der Waals surface area contributed by atoms with Gasteiger partial charge in [0, 0.05) is 11.1 Å². The van der Waals surface area contributed by atoms with E-state index in [-0.39, 0.29) is 23.8 Å². The summed E-state index contributed by atoms with van der Waals surface area (Å²) in [6, 6.07) is 19.4. The first-order chi connectivity index (χ1) is 17.6. The molecule has 0 saturated heterocycles. The molecule has 4 aromatic rings. The quantitative estimate of drug-likeness (QED) is 0.317. The molecule has 0 fully saturated rings. The number of halogens is 3. The van der Waals surface area contributed by atoms with Crippen LogP contribution < -0.4 is 16.2 Å². The third-order valence-corrected chi connectivity index (χ3v) is 5.47. The molecule has 1 aromatic heterocycles. The fraction of sp³-hybridized carbons (Fsp3) is 0.154. The van der Waals surface area contributed by atoms with Gasteiger partial charge in [0.1, 0.15) is 6.04 Å². The van der Waals surface area contributed by atoms with Crippen LogP contribution in [0.5, 0.6) is 6.01 Å². The number of nitrogens with two attached hydrogens (primary N) is 2. The van der Waals surface area contributed by atoms with Crippen molar-refractivity contribution >= 4 is 11.9 Å². The van der Waals surface area contributed by atoms with E-state index in [1.54, 1.807) is 66.7 Å². The topological polar surface area (TPSA) is 137 Å². The summed E-state index contributed by atoms with van der Waals surface area (Å²) in [6.07, 6.45) is -7.08. The Morgan fingerprint density at radius 3 is 2.19 bits per heavy atom. The van der Waals surface area contributed by atoms with E-state index in [4.69, 9.17) is 21.3 Å². The molecule has 37 heavy (non-hydrogen) atoms. The van der Waals surface area contributed by atoms with Gasteiger partial charge in [0.25, 0.3) is 0 Å². The standard InChI is InChI=1S/C26H22F3N5O3/c27-26(28,29)21(19-9-5-4-8-18(19)16-6-2-1-3-7-16)37-25-33-22(32-24(31)34-25)17-12-10-15(11-13-17)14-20(30)23(35)36/h1-13,20-21H,14,30H2,(H,35,36)(H2,31,32,33,34)/t20-,21+/m0/s1. The first-order valence-electron chi connectivity index (χ1n) is 11.1. The number of rotatable bonds is 8. The highest BCUT2D eigenvalue weighted by Gasteiger charge is 2.45. The summed E-state index contributed by atoms with van der Waals surface area (Å²) >= 11 is 0. The van der Waals surface area contributed by atoms with Crippen LogP contribution in [-0.2, 0) is 11.2 Å². The van der Waals surface area contributed by atoms with Crippen LogP contribution in [0.4, 0.5) is 19.1 Å². The van der Waals surface area contributed by atoms with Gasteiger partial charge in [-0.25, -0.2) is 0 Å². The Bertz CT molecular complexity index is 1380. The summed E-state index contributed by atoms with van der Waals surface area (Å²) in [5.41, 5.74) is 13.2. The van der Waals surface area contributed by atoms with Crippen molar-refractivity contribution in [2.75, 3.05) is 5.73 Å².